The predicted octanol–water partition coefficient (Wildman–Crippen LogP) is 2.56. The third-order valence-electron chi connectivity index (χ3n) is 3.78. The molecule has 0 aliphatic carbocycles. The molecule has 1 atom stereocenters. The third-order valence-corrected chi connectivity index (χ3v) is 3.78. The van der Waals surface area contributed by atoms with Gasteiger partial charge in [-0.15, -0.1) is 0 Å². The van der Waals surface area contributed by atoms with E-state index in [1.165, 1.54) is 24.8 Å². The molecule has 1 fully saturated rings. The Hall–Kier alpha value is -1.06. The molecule has 0 aromatic heterocycles. The number of nitrogen functional groups attached to an aromatic ring is 1. The SMILES string of the molecule is CN(CCCc1cccc(N)c1)CC1CCCOC1. The van der Waals surface area contributed by atoms with Gasteiger partial charge in [0.1, 0.15) is 0 Å². The van der Waals surface area contributed by atoms with Gasteiger partial charge >= 0.3 is 0 Å². The fourth-order valence-corrected chi connectivity index (χ4v) is 2.79. The van der Waals surface area contributed by atoms with Crippen LogP contribution in [0.15, 0.2) is 24.3 Å². The Balaban J connectivity index is 1.64. The van der Waals surface area contributed by atoms with Crippen LogP contribution in [0.3, 0.4) is 0 Å². The van der Waals surface area contributed by atoms with Gasteiger partial charge in [0.25, 0.3) is 0 Å². The molecule has 106 valence electrons. The number of nitrogens with two attached hydrogens (primary N) is 1. The molecule has 1 aromatic rings. The molecule has 0 bridgehead atoms. The first-order valence-electron chi connectivity index (χ1n) is 7.35. The first-order valence-corrected chi connectivity index (χ1v) is 7.35. The van der Waals surface area contributed by atoms with E-state index < -0.39 is 0 Å². The molecular formula is C16H26N2O. The zero-order valence-electron chi connectivity index (χ0n) is 12.0. The van der Waals surface area contributed by atoms with Crippen molar-refractivity contribution in [3.05, 3.63) is 29.8 Å². The van der Waals surface area contributed by atoms with Gasteiger partial charge in [-0.25, -0.2) is 0 Å². The summed E-state index contributed by atoms with van der Waals surface area (Å²) in [6, 6.07) is 8.22. The highest BCUT2D eigenvalue weighted by Crippen LogP contribution is 2.15. The van der Waals surface area contributed by atoms with E-state index >= 15 is 0 Å². The highest BCUT2D eigenvalue weighted by Gasteiger charge is 2.15. The van der Waals surface area contributed by atoms with Gasteiger partial charge in [-0.05, 0) is 62.9 Å². The standard InChI is InChI=1S/C16H26N2O/c1-18(12-15-7-4-10-19-13-15)9-3-6-14-5-2-8-16(17)11-14/h2,5,8,11,15H,3-4,6-7,9-10,12-13,17H2,1H3. The Morgan fingerprint density at radius 3 is 3.05 bits per heavy atom. The van der Waals surface area contributed by atoms with Crippen molar-refractivity contribution in [1.82, 2.24) is 4.90 Å². The summed E-state index contributed by atoms with van der Waals surface area (Å²) < 4.78 is 5.53. The molecule has 3 nitrogen and oxygen atoms in total. The maximum atomic E-state index is 5.79. The topological polar surface area (TPSA) is 38.5 Å². The summed E-state index contributed by atoms with van der Waals surface area (Å²) in [6.07, 6.45) is 4.84. The number of aryl methyl sites for hydroxylation is 1. The number of rotatable bonds is 6. The van der Waals surface area contributed by atoms with Crippen LogP contribution in [-0.2, 0) is 11.2 Å². The number of hydrogen-bond donors (Lipinski definition) is 1. The second kappa shape index (κ2) is 7.51. The molecule has 0 saturated carbocycles. The molecular weight excluding hydrogens is 236 g/mol. The molecule has 3 heteroatoms. The first kappa shape index (κ1) is 14.4. The average Bonchev–Trinajstić information content (AvgIpc) is 2.40. The summed E-state index contributed by atoms with van der Waals surface area (Å²) >= 11 is 0. The van der Waals surface area contributed by atoms with E-state index in [4.69, 9.17) is 10.5 Å². The van der Waals surface area contributed by atoms with Gasteiger partial charge in [0.15, 0.2) is 0 Å². The molecule has 2 N–H and O–H groups in total. The fraction of sp³-hybridized carbons (Fsp3) is 0.625. The van der Waals surface area contributed by atoms with Gasteiger partial charge in [0.05, 0.1) is 6.61 Å². The normalized spacial score (nSPS) is 19.8. The summed E-state index contributed by atoms with van der Waals surface area (Å²) in [5.74, 6) is 0.728. The van der Waals surface area contributed by atoms with Gasteiger partial charge in [0, 0.05) is 18.8 Å². The van der Waals surface area contributed by atoms with Crippen LogP contribution in [0.2, 0.25) is 0 Å². The van der Waals surface area contributed by atoms with Crippen LogP contribution in [0.5, 0.6) is 0 Å². The van der Waals surface area contributed by atoms with E-state index in [-0.39, 0.29) is 0 Å². The van der Waals surface area contributed by atoms with Crippen LogP contribution in [0.4, 0.5) is 5.69 Å². The van der Waals surface area contributed by atoms with E-state index in [9.17, 15) is 0 Å². The Morgan fingerprint density at radius 1 is 1.42 bits per heavy atom. The largest absolute Gasteiger partial charge is 0.399 e. The Labute approximate surface area is 116 Å². The number of ether oxygens (including phenoxy) is 1. The van der Waals surface area contributed by atoms with Crippen molar-refractivity contribution in [3.63, 3.8) is 0 Å². The molecule has 19 heavy (non-hydrogen) atoms. The lowest BCUT2D eigenvalue weighted by Crippen LogP contribution is -2.31. The molecule has 1 aliphatic heterocycles. The van der Waals surface area contributed by atoms with Gasteiger partial charge in [-0.1, -0.05) is 12.1 Å². The molecule has 0 amide bonds. The molecule has 2 rings (SSSR count). The zero-order valence-corrected chi connectivity index (χ0v) is 12.0. The predicted molar refractivity (Wildman–Crippen MR) is 80.2 cm³/mol. The summed E-state index contributed by atoms with van der Waals surface area (Å²) in [5, 5.41) is 0. The van der Waals surface area contributed by atoms with Crippen molar-refractivity contribution in [1.29, 1.82) is 0 Å². The van der Waals surface area contributed by atoms with E-state index in [1.807, 2.05) is 12.1 Å². The highest BCUT2D eigenvalue weighted by molar-refractivity contribution is 5.40. The molecule has 1 aliphatic rings. The quantitative estimate of drug-likeness (QED) is 0.801. The van der Waals surface area contributed by atoms with E-state index in [1.54, 1.807) is 0 Å². The molecule has 1 saturated heterocycles. The fourth-order valence-electron chi connectivity index (χ4n) is 2.79. The van der Waals surface area contributed by atoms with Gasteiger partial charge in [-0.2, -0.15) is 0 Å². The maximum Gasteiger partial charge on any atom is 0.0506 e. The molecule has 1 heterocycles. The minimum absolute atomic E-state index is 0.728. The van der Waals surface area contributed by atoms with Crippen molar-refractivity contribution in [2.45, 2.75) is 25.7 Å². The molecule has 0 radical (unpaired) electrons. The lowest BCUT2D eigenvalue weighted by molar-refractivity contribution is 0.0420. The Bertz CT molecular complexity index is 375. The van der Waals surface area contributed by atoms with Gasteiger partial charge < -0.3 is 15.4 Å². The summed E-state index contributed by atoms with van der Waals surface area (Å²) in [6.45, 7) is 4.21. The summed E-state index contributed by atoms with van der Waals surface area (Å²) in [4.78, 5) is 2.44. The third kappa shape index (κ3) is 5.21. The van der Waals surface area contributed by atoms with E-state index in [2.05, 4.69) is 24.1 Å². The number of benzene rings is 1. The van der Waals surface area contributed by atoms with Crippen LogP contribution in [0.1, 0.15) is 24.8 Å². The van der Waals surface area contributed by atoms with Crippen molar-refractivity contribution >= 4 is 5.69 Å². The van der Waals surface area contributed by atoms with Crippen LogP contribution < -0.4 is 5.73 Å². The van der Waals surface area contributed by atoms with Crippen molar-refractivity contribution in [2.24, 2.45) is 5.92 Å². The number of nitrogens with zero attached hydrogens (tertiary/aromatic N) is 1. The van der Waals surface area contributed by atoms with Gasteiger partial charge in [-0.3, -0.25) is 0 Å². The van der Waals surface area contributed by atoms with Crippen molar-refractivity contribution in [3.8, 4) is 0 Å². The van der Waals surface area contributed by atoms with Crippen LogP contribution in [-0.4, -0.2) is 38.3 Å². The van der Waals surface area contributed by atoms with Gasteiger partial charge in [0.2, 0.25) is 0 Å². The molecule has 1 unspecified atom stereocenters. The van der Waals surface area contributed by atoms with Crippen molar-refractivity contribution in [2.75, 3.05) is 39.1 Å². The molecule has 0 spiro atoms. The average molecular weight is 262 g/mol. The number of anilines is 1. The maximum absolute atomic E-state index is 5.79. The lowest BCUT2D eigenvalue weighted by atomic mass is 10.0. The van der Waals surface area contributed by atoms with Crippen LogP contribution in [0.25, 0.3) is 0 Å². The first-order chi connectivity index (χ1) is 9.24. The summed E-state index contributed by atoms with van der Waals surface area (Å²) in [5.41, 5.74) is 8.00. The Morgan fingerprint density at radius 2 is 2.32 bits per heavy atom. The number of hydrogen-bond acceptors (Lipinski definition) is 3. The lowest BCUT2D eigenvalue weighted by Gasteiger charge is -2.27. The monoisotopic (exact) mass is 262 g/mol. The smallest absolute Gasteiger partial charge is 0.0506 e. The zero-order chi connectivity index (χ0) is 13.5. The van der Waals surface area contributed by atoms with Crippen LogP contribution >= 0.6 is 0 Å². The minimum atomic E-state index is 0.728. The minimum Gasteiger partial charge on any atom is -0.399 e. The van der Waals surface area contributed by atoms with E-state index in [0.717, 1.165) is 44.3 Å². The van der Waals surface area contributed by atoms with Crippen LogP contribution in [0, 0.1) is 5.92 Å². The van der Waals surface area contributed by atoms with E-state index in [0.29, 0.717) is 0 Å². The molecule has 1 aromatic carbocycles. The second-order valence-corrected chi connectivity index (χ2v) is 5.69. The van der Waals surface area contributed by atoms with Crippen molar-refractivity contribution < 1.29 is 4.74 Å². The highest BCUT2D eigenvalue weighted by atomic mass is 16.5. The summed E-state index contributed by atoms with van der Waals surface area (Å²) in [7, 11) is 2.22. The second-order valence-electron chi connectivity index (χ2n) is 5.69. The Kier molecular flexibility index (Phi) is 5.67.